The monoisotopic (exact) mass is 697 g/mol. The first-order chi connectivity index (χ1) is 22.8. The molecule has 1 saturated heterocycles. The number of ether oxygens (including phenoxy) is 2. The maximum absolute atomic E-state index is 14.4. The largest absolute Gasteiger partial charge is 0.472 e. The van der Waals surface area contributed by atoms with Gasteiger partial charge in [-0.2, -0.15) is 0 Å². The highest BCUT2D eigenvalue weighted by Crippen LogP contribution is 2.46. The molecule has 49 heavy (non-hydrogen) atoms. The van der Waals surface area contributed by atoms with Crippen LogP contribution in [0, 0.1) is 17.3 Å². The molecule has 2 saturated carbocycles. The van der Waals surface area contributed by atoms with Crippen molar-refractivity contribution in [2.45, 2.75) is 102 Å². The highest BCUT2D eigenvalue weighted by Gasteiger charge is 2.61. The van der Waals surface area contributed by atoms with Gasteiger partial charge in [0.05, 0.1) is 42.4 Å². The molecule has 0 unspecified atom stereocenters. The number of likely N-dealkylation sites (tertiary alicyclic amines) is 1. The number of hydrogen-bond acceptors (Lipinski definition) is 10. The van der Waals surface area contributed by atoms with E-state index in [2.05, 4.69) is 16.9 Å². The number of esters is 1. The second kappa shape index (κ2) is 13.4. The van der Waals surface area contributed by atoms with Gasteiger partial charge in [0, 0.05) is 24.0 Å². The molecule has 1 N–H and O–H groups in total. The van der Waals surface area contributed by atoms with Crippen LogP contribution in [0.3, 0.4) is 0 Å². The molecule has 12 nitrogen and oxygen atoms in total. The predicted molar refractivity (Wildman–Crippen MR) is 181 cm³/mol. The predicted octanol–water partition coefficient (Wildman–Crippen LogP) is 4.29. The van der Waals surface area contributed by atoms with E-state index in [9.17, 15) is 27.6 Å². The number of ketones is 1. The van der Waals surface area contributed by atoms with Crippen LogP contribution < -0.4 is 10.1 Å². The molecule has 5 rings (SSSR count). The molecule has 3 aliphatic rings. The molecule has 2 aromatic heterocycles. The number of carbonyl (C=O) groups is 4. The zero-order valence-electron chi connectivity index (χ0n) is 29.1. The van der Waals surface area contributed by atoms with Gasteiger partial charge in [0.25, 0.3) is 0 Å². The fourth-order valence-corrected chi connectivity index (χ4v) is 8.09. The number of hydrogen-bond donors (Lipinski definition) is 1. The Morgan fingerprint density at radius 2 is 1.86 bits per heavy atom. The second-order valence-corrected chi connectivity index (χ2v) is 17.8. The second-order valence-electron chi connectivity index (χ2n) is 15.5. The van der Waals surface area contributed by atoms with E-state index >= 15 is 0 Å². The van der Waals surface area contributed by atoms with Crippen LogP contribution in [0.5, 0.6) is 5.88 Å². The van der Waals surface area contributed by atoms with E-state index in [1.165, 1.54) is 11.2 Å². The van der Waals surface area contributed by atoms with Gasteiger partial charge < -0.3 is 24.1 Å². The molecule has 0 spiro atoms. The normalized spacial score (nSPS) is 24.5. The molecule has 3 heterocycles. The smallest absolute Gasteiger partial charge is 0.307 e. The minimum Gasteiger partial charge on any atom is -0.472 e. The molecule has 0 aromatic carbocycles. The first-order valence-corrected chi connectivity index (χ1v) is 18.4. The summed E-state index contributed by atoms with van der Waals surface area (Å²) in [5, 5.41) is 2.32. The van der Waals surface area contributed by atoms with Gasteiger partial charge in [-0.3, -0.25) is 19.2 Å². The zero-order valence-corrected chi connectivity index (χ0v) is 29.9. The van der Waals surface area contributed by atoms with Crippen LogP contribution in [-0.2, 0) is 33.8 Å². The number of rotatable bonds is 13. The number of amides is 2. The molecule has 2 aromatic rings. The molecule has 2 aliphatic carbocycles. The van der Waals surface area contributed by atoms with E-state index in [4.69, 9.17) is 13.9 Å². The molecule has 2 amide bonds. The lowest BCUT2D eigenvalue weighted by atomic mass is 9.77. The van der Waals surface area contributed by atoms with Crippen molar-refractivity contribution in [2.75, 3.05) is 12.3 Å². The van der Waals surface area contributed by atoms with Crippen LogP contribution >= 0.6 is 0 Å². The number of pyridine rings is 1. The SMILES string of the molecule is C=C[C@@H]1C[C@]1(NC(=O)[C@@H]1C[C@@H](Oc2cccc(-c3ccoc3)n2)CN1C(=O)[C@@H](CC(=O)OC(C)(C)C)C(C)(C)C)C(=O)CS(=O)(=O)C1CC1. The van der Waals surface area contributed by atoms with E-state index in [1.807, 2.05) is 20.8 Å². The number of aromatic nitrogens is 1. The number of nitrogens with zero attached hydrogens (tertiary/aromatic N) is 2. The van der Waals surface area contributed by atoms with Gasteiger partial charge in [-0.15, -0.1) is 6.58 Å². The van der Waals surface area contributed by atoms with Gasteiger partial charge in [-0.1, -0.05) is 32.9 Å². The van der Waals surface area contributed by atoms with E-state index in [0.29, 0.717) is 18.5 Å². The van der Waals surface area contributed by atoms with E-state index in [1.54, 1.807) is 57.4 Å². The highest BCUT2D eigenvalue weighted by molar-refractivity contribution is 7.93. The van der Waals surface area contributed by atoms with Crippen LogP contribution in [0.2, 0.25) is 0 Å². The maximum atomic E-state index is 14.4. The molecular formula is C36H47N3O9S. The lowest BCUT2D eigenvalue weighted by Crippen LogP contribution is -2.55. The summed E-state index contributed by atoms with van der Waals surface area (Å²) in [5.41, 5.74) is -1.50. The van der Waals surface area contributed by atoms with Gasteiger partial charge in [0.1, 0.15) is 29.0 Å². The van der Waals surface area contributed by atoms with E-state index < -0.39 is 84.9 Å². The van der Waals surface area contributed by atoms with Crippen molar-refractivity contribution in [2.24, 2.45) is 17.3 Å². The molecule has 1 aliphatic heterocycles. The van der Waals surface area contributed by atoms with Gasteiger partial charge in [0.2, 0.25) is 17.7 Å². The molecule has 0 bridgehead atoms. The summed E-state index contributed by atoms with van der Waals surface area (Å²) in [6.45, 7) is 14.6. The van der Waals surface area contributed by atoms with Crippen molar-refractivity contribution in [1.29, 1.82) is 0 Å². The lowest BCUT2D eigenvalue weighted by Gasteiger charge is -2.35. The standard InChI is InChI=1S/C36H47N3O9S/c1-8-23-18-36(23,29(40)21-49(44,45)25-12-13-25)38-32(42)28-16-24(47-30-11-9-10-27(37-30)22-14-15-46-20-22)19-39(28)33(43)26(34(2,3)4)17-31(41)48-35(5,6)7/h8-11,14-15,20,23-26,28H,1,12-13,16-19,21H2,2-7H3,(H,38,42)/t23-,24-,26-,28+,36-/m1/s1. The third-order valence-electron chi connectivity index (χ3n) is 9.32. The third kappa shape index (κ3) is 8.42. The lowest BCUT2D eigenvalue weighted by molar-refractivity contribution is -0.161. The summed E-state index contributed by atoms with van der Waals surface area (Å²) in [4.78, 5) is 61.1. The van der Waals surface area contributed by atoms with Gasteiger partial charge in [-0.05, 0) is 57.6 Å². The third-order valence-corrected chi connectivity index (χ3v) is 11.5. The Hall–Kier alpha value is -4.00. The summed E-state index contributed by atoms with van der Waals surface area (Å²) in [5.74, 6) is -3.84. The summed E-state index contributed by atoms with van der Waals surface area (Å²) in [7, 11) is -3.63. The van der Waals surface area contributed by atoms with Crippen molar-refractivity contribution < 1.29 is 41.5 Å². The molecule has 3 fully saturated rings. The van der Waals surface area contributed by atoms with Gasteiger partial charge in [0.15, 0.2) is 15.6 Å². The average molecular weight is 698 g/mol. The summed E-state index contributed by atoms with van der Waals surface area (Å²) in [6.07, 6.45) is 5.11. The molecule has 266 valence electrons. The fraction of sp³-hybridized carbons (Fsp3) is 0.583. The number of sulfone groups is 1. The van der Waals surface area contributed by atoms with Crippen molar-refractivity contribution >= 4 is 33.4 Å². The van der Waals surface area contributed by atoms with Gasteiger partial charge >= 0.3 is 5.97 Å². The first-order valence-electron chi connectivity index (χ1n) is 16.7. The topological polar surface area (TPSA) is 162 Å². The fourth-order valence-electron chi connectivity index (χ4n) is 6.38. The maximum Gasteiger partial charge on any atom is 0.307 e. The Kier molecular flexibility index (Phi) is 9.90. The minimum atomic E-state index is -3.63. The van der Waals surface area contributed by atoms with Crippen molar-refractivity contribution in [3.05, 3.63) is 49.4 Å². The Morgan fingerprint density at radius 3 is 2.43 bits per heavy atom. The van der Waals surface area contributed by atoms with Crippen LogP contribution in [0.25, 0.3) is 11.3 Å². The molecule has 13 heteroatoms. The highest BCUT2D eigenvalue weighted by atomic mass is 32.2. The molecule has 0 radical (unpaired) electrons. The molecular weight excluding hydrogens is 650 g/mol. The average Bonchev–Trinajstić information content (AvgIpc) is 3.87. The Labute approximate surface area is 287 Å². The number of furan rings is 1. The van der Waals surface area contributed by atoms with Crippen LogP contribution in [0.1, 0.15) is 73.6 Å². The Balaban J connectivity index is 1.41. The van der Waals surface area contributed by atoms with Gasteiger partial charge in [-0.25, -0.2) is 13.4 Å². The van der Waals surface area contributed by atoms with Crippen LogP contribution in [-0.4, -0.2) is 82.7 Å². The summed E-state index contributed by atoms with van der Waals surface area (Å²) >= 11 is 0. The first kappa shape index (κ1) is 36.3. The zero-order chi connectivity index (χ0) is 35.9. The van der Waals surface area contributed by atoms with Crippen LogP contribution in [0.4, 0.5) is 0 Å². The van der Waals surface area contributed by atoms with Crippen molar-refractivity contribution in [3.63, 3.8) is 0 Å². The quantitative estimate of drug-likeness (QED) is 0.236. The van der Waals surface area contributed by atoms with Crippen molar-refractivity contribution in [1.82, 2.24) is 15.2 Å². The summed E-state index contributed by atoms with van der Waals surface area (Å²) in [6, 6.07) is 5.94. The summed E-state index contributed by atoms with van der Waals surface area (Å²) < 4.78 is 42.5. The minimum absolute atomic E-state index is 0.0112. The van der Waals surface area contributed by atoms with E-state index in [0.717, 1.165) is 5.56 Å². The number of nitrogens with one attached hydrogen (secondary N) is 1. The van der Waals surface area contributed by atoms with E-state index in [-0.39, 0.29) is 31.7 Å². The molecule has 5 atom stereocenters. The number of Topliss-reactive ketones (excluding diaryl/α,β-unsaturated/α-hetero) is 1. The van der Waals surface area contributed by atoms with Crippen molar-refractivity contribution in [3.8, 4) is 17.1 Å². The Bertz CT molecular complexity index is 1700. The number of carbonyl (C=O) groups excluding carboxylic acids is 4. The van der Waals surface area contributed by atoms with Crippen LogP contribution in [0.15, 0.2) is 53.9 Å². The Morgan fingerprint density at radius 1 is 1.14 bits per heavy atom.